The van der Waals surface area contributed by atoms with E-state index in [9.17, 15) is 14.0 Å². The van der Waals surface area contributed by atoms with Crippen molar-refractivity contribution in [2.75, 3.05) is 11.9 Å². The van der Waals surface area contributed by atoms with Crippen molar-refractivity contribution in [1.29, 1.82) is 0 Å². The number of aromatic nitrogens is 5. The lowest BCUT2D eigenvalue weighted by atomic mass is 9.53. The molecule has 4 aromatic rings. The fourth-order valence-electron chi connectivity index (χ4n) is 6.24. The summed E-state index contributed by atoms with van der Waals surface area (Å²) in [4.78, 5) is 41.7. The van der Waals surface area contributed by atoms with Crippen molar-refractivity contribution < 1.29 is 19.0 Å². The zero-order valence-corrected chi connectivity index (χ0v) is 23.0. The third kappa shape index (κ3) is 5.16. The molecule has 0 atom stereocenters. The summed E-state index contributed by atoms with van der Waals surface area (Å²) >= 11 is 0. The van der Waals surface area contributed by atoms with Gasteiger partial charge in [0.15, 0.2) is 11.2 Å². The number of anilines is 1. The second-order valence-electron chi connectivity index (χ2n) is 11.4. The molecule has 3 N–H and O–H groups in total. The molecule has 3 aliphatic carbocycles. The molecular weight excluding hydrogens is 527 g/mol. The number of pyridine rings is 1. The predicted octanol–water partition coefficient (Wildman–Crippen LogP) is 5.05. The molecule has 3 aromatic heterocycles. The Hall–Kier alpha value is -4.28. The summed E-state index contributed by atoms with van der Waals surface area (Å²) in [5, 5.41) is 12.3. The lowest BCUT2D eigenvalue weighted by Crippen LogP contribution is -2.47. The van der Waals surface area contributed by atoms with Gasteiger partial charge in [0.25, 0.3) is 5.56 Å². The fourth-order valence-corrected chi connectivity index (χ4v) is 6.24. The van der Waals surface area contributed by atoms with Crippen LogP contribution < -0.4 is 15.6 Å². The van der Waals surface area contributed by atoms with Gasteiger partial charge in [-0.15, -0.1) is 0 Å². The van der Waals surface area contributed by atoms with E-state index in [1.54, 1.807) is 22.8 Å². The molecular formula is C30H33FN6O4. The maximum Gasteiger partial charge on any atom is 0.337 e. The minimum atomic E-state index is -1.01. The van der Waals surface area contributed by atoms with Crippen LogP contribution in [0, 0.1) is 11.2 Å². The Balaban J connectivity index is 1.19. The third-order valence-electron chi connectivity index (χ3n) is 8.84. The summed E-state index contributed by atoms with van der Waals surface area (Å²) in [6.45, 7) is 3.48. The largest absolute Gasteiger partial charge is 0.478 e. The number of carboxylic acids is 1. The van der Waals surface area contributed by atoms with E-state index in [1.165, 1.54) is 24.4 Å². The highest BCUT2D eigenvalue weighted by Gasteiger charge is 2.51. The highest BCUT2D eigenvalue weighted by Crippen LogP contribution is 2.57. The number of hydrogen-bond acceptors (Lipinski definition) is 7. The summed E-state index contributed by atoms with van der Waals surface area (Å²) in [5.41, 5.74) is 1.62. The van der Waals surface area contributed by atoms with Crippen LogP contribution in [-0.4, -0.2) is 42.2 Å². The normalized spacial score (nSPS) is 21.7. The number of nitrogens with zero attached hydrogens (tertiary/aromatic N) is 4. The topological polar surface area (TPSA) is 135 Å². The van der Waals surface area contributed by atoms with Crippen molar-refractivity contribution in [2.24, 2.45) is 5.41 Å². The lowest BCUT2D eigenvalue weighted by molar-refractivity contribution is -0.00258. The number of ether oxygens (including phenoxy) is 1. The number of nitrogens with one attached hydrogen (secondary N) is 2. The Labute approximate surface area is 236 Å². The van der Waals surface area contributed by atoms with Crippen molar-refractivity contribution in [3.05, 3.63) is 75.7 Å². The van der Waals surface area contributed by atoms with Gasteiger partial charge in [-0.3, -0.25) is 9.36 Å². The van der Waals surface area contributed by atoms with Crippen molar-refractivity contribution in [3.63, 3.8) is 0 Å². The molecule has 3 aliphatic rings. The number of imidazole rings is 1. The summed E-state index contributed by atoms with van der Waals surface area (Å²) in [7, 11) is 0. The van der Waals surface area contributed by atoms with Gasteiger partial charge >= 0.3 is 5.97 Å². The number of H-pyrrole nitrogens is 1. The van der Waals surface area contributed by atoms with E-state index in [0.717, 1.165) is 56.3 Å². The van der Waals surface area contributed by atoms with E-state index >= 15 is 0 Å². The molecule has 2 bridgehead atoms. The number of halogens is 1. The van der Waals surface area contributed by atoms with Gasteiger partial charge in [0, 0.05) is 36.2 Å². The van der Waals surface area contributed by atoms with E-state index in [2.05, 4.69) is 15.3 Å². The summed E-state index contributed by atoms with van der Waals surface area (Å²) in [5.74, 6) is 0.413. The Morgan fingerprint density at radius 1 is 1.10 bits per heavy atom. The van der Waals surface area contributed by atoms with Gasteiger partial charge in [-0.25, -0.2) is 19.2 Å². The van der Waals surface area contributed by atoms with Crippen LogP contribution in [0.15, 0.2) is 47.4 Å². The molecule has 0 spiro atoms. The summed E-state index contributed by atoms with van der Waals surface area (Å²) < 4.78 is 21.0. The van der Waals surface area contributed by atoms with E-state index in [1.807, 2.05) is 6.92 Å². The van der Waals surface area contributed by atoms with Crippen molar-refractivity contribution in [1.82, 2.24) is 24.5 Å². The number of carbonyl (C=O) groups is 1. The van der Waals surface area contributed by atoms with Gasteiger partial charge < -0.3 is 20.1 Å². The van der Waals surface area contributed by atoms with Crippen LogP contribution in [0.3, 0.4) is 0 Å². The van der Waals surface area contributed by atoms with Crippen LogP contribution in [-0.2, 0) is 18.5 Å². The molecule has 0 saturated heterocycles. The monoisotopic (exact) mass is 560 g/mol. The third-order valence-corrected chi connectivity index (χ3v) is 8.84. The molecule has 11 heteroatoms. The summed E-state index contributed by atoms with van der Waals surface area (Å²) in [6, 6.07) is 9.34. The van der Waals surface area contributed by atoms with Crippen molar-refractivity contribution in [2.45, 2.75) is 70.4 Å². The molecule has 0 aliphatic heterocycles. The van der Waals surface area contributed by atoms with E-state index in [4.69, 9.17) is 19.8 Å². The van der Waals surface area contributed by atoms with Crippen LogP contribution in [0.1, 0.15) is 73.6 Å². The number of hydrogen-bond donors (Lipinski definition) is 3. The Bertz CT molecular complexity index is 1610. The molecule has 10 nitrogen and oxygen atoms in total. The summed E-state index contributed by atoms with van der Waals surface area (Å²) in [6.07, 6.45) is 7.78. The van der Waals surface area contributed by atoms with Crippen molar-refractivity contribution in [3.8, 4) is 5.88 Å². The molecule has 3 fully saturated rings. The second kappa shape index (κ2) is 10.6. The predicted molar refractivity (Wildman–Crippen MR) is 151 cm³/mol. The van der Waals surface area contributed by atoms with Crippen molar-refractivity contribution >= 4 is 23.1 Å². The first-order chi connectivity index (χ1) is 19.8. The number of aromatic amines is 1. The zero-order valence-electron chi connectivity index (χ0n) is 23.0. The second-order valence-corrected chi connectivity index (χ2v) is 11.4. The maximum atomic E-state index is 13.5. The number of carboxylic acid groups (broad SMARTS) is 1. The molecule has 3 saturated carbocycles. The highest BCUT2D eigenvalue weighted by atomic mass is 19.1. The van der Waals surface area contributed by atoms with Gasteiger partial charge in [-0.05, 0) is 68.7 Å². The average molecular weight is 561 g/mol. The average Bonchev–Trinajstić information content (AvgIpc) is 3.44. The van der Waals surface area contributed by atoms with Crippen LogP contribution >= 0.6 is 0 Å². The standard InChI is InChI=1S/C30H33FN6O4/c1-2-15-37-25(38)23-24(36-28(37)33-16-19-3-6-21(31)7-4-19)35-27(34-23)30-12-9-29(10-13-30,11-14-30)18-41-22-8-5-20(17-32-22)26(39)40/h3-8,17H,2,9-16,18H2,1H3,(H,33,36)(H,34,35)(H,39,40). The van der Waals surface area contributed by atoms with Gasteiger partial charge in [0.1, 0.15) is 11.6 Å². The van der Waals surface area contributed by atoms with Gasteiger partial charge in [0.05, 0.1) is 12.2 Å². The van der Waals surface area contributed by atoms with E-state index < -0.39 is 5.97 Å². The molecule has 41 heavy (non-hydrogen) atoms. The Kier molecular flexibility index (Phi) is 6.96. The first-order valence-corrected chi connectivity index (χ1v) is 14.1. The van der Waals surface area contributed by atoms with Crippen LogP contribution in [0.4, 0.5) is 10.3 Å². The fraction of sp³-hybridized carbons (Fsp3) is 0.433. The number of aromatic carboxylic acids is 1. The smallest absolute Gasteiger partial charge is 0.337 e. The minimum absolute atomic E-state index is 0.0461. The minimum Gasteiger partial charge on any atom is -0.478 e. The first kappa shape index (κ1) is 26.9. The SMILES string of the molecule is CCCn1c(NCc2ccc(F)cc2)nc2nc(C34CCC(COc5ccc(C(=O)O)cn5)(CC3)CC4)[nH]c2c1=O. The lowest BCUT2D eigenvalue weighted by Gasteiger charge is -2.52. The van der Waals surface area contributed by atoms with Crippen LogP contribution in [0.2, 0.25) is 0 Å². The van der Waals surface area contributed by atoms with E-state index in [-0.39, 0.29) is 27.8 Å². The quantitative estimate of drug-likeness (QED) is 0.245. The van der Waals surface area contributed by atoms with Crippen LogP contribution in [0.25, 0.3) is 11.2 Å². The Morgan fingerprint density at radius 3 is 2.46 bits per heavy atom. The van der Waals surface area contributed by atoms with E-state index in [0.29, 0.717) is 42.7 Å². The first-order valence-electron chi connectivity index (χ1n) is 14.1. The number of rotatable bonds is 10. The van der Waals surface area contributed by atoms with Gasteiger partial charge in [0.2, 0.25) is 11.8 Å². The molecule has 0 radical (unpaired) electrons. The number of fused-ring (bicyclic) bond motifs is 4. The molecule has 214 valence electrons. The van der Waals surface area contributed by atoms with Crippen LogP contribution in [0.5, 0.6) is 5.88 Å². The molecule has 1 aromatic carbocycles. The Morgan fingerprint density at radius 2 is 1.83 bits per heavy atom. The molecule has 0 unspecified atom stereocenters. The highest BCUT2D eigenvalue weighted by molar-refractivity contribution is 5.87. The molecule has 7 rings (SSSR count). The molecule has 3 heterocycles. The number of benzene rings is 1. The molecule has 0 amide bonds. The zero-order chi connectivity index (χ0) is 28.6. The van der Waals surface area contributed by atoms with Gasteiger partial charge in [-0.1, -0.05) is 19.1 Å². The van der Waals surface area contributed by atoms with Gasteiger partial charge in [-0.2, -0.15) is 4.98 Å². The maximum absolute atomic E-state index is 13.5.